The normalized spacial score (nSPS) is 19.8. The molecule has 1 aromatic heterocycles. The zero-order valence-corrected chi connectivity index (χ0v) is 17.9. The van der Waals surface area contributed by atoms with Gasteiger partial charge in [0.1, 0.15) is 0 Å². The first-order chi connectivity index (χ1) is 11.2. The van der Waals surface area contributed by atoms with Crippen molar-refractivity contribution in [3.63, 3.8) is 0 Å². The maximum absolute atomic E-state index is 4.79. The fourth-order valence-corrected chi connectivity index (χ4v) is 3.60. The summed E-state index contributed by atoms with van der Waals surface area (Å²) in [5.41, 5.74) is 1.23. The van der Waals surface area contributed by atoms with E-state index >= 15 is 0 Å². The van der Waals surface area contributed by atoms with E-state index < -0.39 is 0 Å². The number of rotatable bonds is 6. The second-order valence-electron chi connectivity index (χ2n) is 6.72. The molecule has 24 heavy (non-hydrogen) atoms. The molecule has 3 rings (SSSR count). The third kappa shape index (κ3) is 6.48. The van der Waals surface area contributed by atoms with Gasteiger partial charge in [-0.05, 0) is 58.5 Å². The number of hydrogen-bond acceptors (Lipinski definition) is 4. The van der Waals surface area contributed by atoms with Crippen LogP contribution >= 0.6 is 35.3 Å². The van der Waals surface area contributed by atoms with E-state index in [0.717, 1.165) is 31.5 Å². The van der Waals surface area contributed by atoms with Crippen LogP contribution in [-0.2, 0) is 6.54 Å². The van der Waals surface area contributed by atoms with Crippen molar-refractivity contribution in [1.82, 2.24) is 20.5 Å². The molecule has 1 saturated carbocycles. The van der Waals surface area contributed by atoms with Crippen LogP contribution in [0.5, 0.6) is 0 Å². The number of aliphatic imine (C=N–C) groups is 1. The van der Waals surface area contributed by atoms with Crippen LogP contribution in [0.4, 0.5) is 0 Å². The molecule has 1 aliphatic heterocycles. The standard InChI is InChI=1S/C17H29N5S.HI/c1-3-18-17(21-15-4-5-15)19-10-14-6-8-22(9-7-14)11-16-12-23-13(2)20-16;/h12,14-15H,3-11H2,1-2H3,(H2,18,19,21);1H. The first-order valence-electron chi connectivity index (χ1n) is 8.91. The SMILES string of the molecule is CCNC(=NCC1CCN(Cc2csc(C)n2)CC1)NC1CC1.I. The number of hydrogen-bond donors (Lipinski definition) is 2. The highest BCUT2D eigenvalue weighted by atomic mass is 127. The average Bonchev–Trinajstić information content (AvgIpc) is 3.27. The van der Waals surface area contributed by atoms with E-state index in [-0.39, 0.29) is 24.0 Å². The molecule has 1 saturated heterocycles. The third-order valence-corrected chi connectivity index (χ3v) is 5.35. The Bertz CT molecular complexity index is 521. The number of nitrogens with zero attached hydrogens (tertiary/aromatic N) is 3. The number of aryl methyl sites for hydroxylation is 1. The fraction of sp³-hybridized carbons (Fsp3) is 0.765. The van der Waals surface area contributed by atoms with Gasteiger partial charge in [0.15, 0.2) is 5.96 Å². The Labute approximate surface area is 166 Å². The molecule has 0 radical (unpaired) electrons. The van der Waals surface area contributed by atoms with Gasteiger partial charge in [0.05, 0.1) is 10.7 Å². The molecule has 2 aliphatic rings. The first-order valence-corrected chi connectivity index (χ1v) is 9.79. The Morgan fingerprint density at radius 2 is 2.08 bits per heavy atom. The van der Waals surface area contributed by atoms with E-state index in [1.54, 1.807) is 11.3 Å². The van der Waals surface area contributed by atoms with E-state index in [2.05, 4.69) is 39.7 Å². The van der Waals surface area contributed by atoms with Crippen molar-refractivity contribution in [3.05, 3.63) is 16.1 Å². The number of aromatic nitrogens is 1. The summed E-state index contributed by atoms with van der Waals surface area (Å²) >= 11 is 1.75. The smallest absolute Gasteiger partial charge is 0.191 e. The lowest BCUT2D eigenvalue weighted by Crippen LogP contribution is -2.39. The number of nitrogens with one attached hydrogen (secondary N) is 2. The van der Waals surface area contributed by atoms with Crippen LogP contribution in [0.2, 0.25) is 0 Å². The fourth-order valence-electron chi connectivity index (χ4n) is 3.00. The van der Waals surface area contributed by atoms with Crippen molar-refractivity contribution in [3.8, 4) is 0 Å². The van der Waals surface area contributed by atoms with Gasteiger partial charge in [0.25, 0.3) is 0 Å². The van der Waals surface area contributed by atoms with Gasteiger partial charge in [-0.15, -0.1) is 35.3 Å². The van der Waals surface area contributed by atoms with Crippen LogP contribution in [0.3, 0.4) is 0 Å². The van der Waals surface area contributed by atoms with Gasteiger partial charge in [-0.2, -0.15) is 0 Å². The molecule has 136 valence electrons. The van der Waals surface area contributed by atoms with Crippen LogP contribution in [0.15, 0.2) is 10.4 Å². The Hall–Kier alpha value is -0.410. The predicted molar refractivity (Wildman–Crippen MR) is 112 cm³/mol. The first kappa shape index (κ1) is 19.9. The van der Waals surface area contributed by atoms with Crippen LogP contribution in [-0.4, -0.2) is 48.1 Å². The zero-order valence-electron chi connectivity index (χ0n) is 14.8. The molecule has 2 N–H and O–H groups in total. The summed E-state index contributed by atoms with van der Waals surface area (Å²) in [4.78, 5) is 11.9. The number of halogens is 1. The van der Waals surface area contributed by atoms with Crippen molar-refractivity contribution in [2.45, 2.75) is 52.1 Å². The monoisotopic (exact) mass is 463 g/mol. The van der Waals surface area contributed by atoms with Gasteiger partial charge in [0, 0.05) is 31.1 Å². The summed E-state index contributed by atoms with van der Waals surface area (Å²) in [5, 5.41) is 10.2. The largest absolute Gasteiger partial charge is 0.357 e. The van der Waals surface area contributed by atoms with Crippen LogP contribution in [0.1, 0.15) is 43.3 Å². The highest BCUT2D eigenvalue weighted by molar-refractivity contribution is 14.0. The van der Waals surface area contributed by atoms with Gasteiger partial charge in [-0.3, -0.25) is 9.89 Å². The van der Waals surface area contributed by atoms with Crippen LogP contribution < -0.4 is 10.6 Å². The third-order valence-electron chi connectivity index (χ3n) is 4.53. The maximum atomic E-state index is 4.79. The van der Waals surface area contributed by atoms with E-state index in [1.807, 2.05) is 0 Å². The molecule has 1 aliphatic carbocycles. The Balaban J connectivity index is 0.00000208. The quantitative estimate of drug-likeness (QED) is 0.387. The van der Waals surface area contributed by atoms with E-state index in [0.29, 0.717) is 6.04 Å². The lowest BCUT2D eigenvalue weighted by Gasteiger charge is -2.30. The molecular formula is C17H30IN5S. The summed E-state index contributed by atoms with van der Waals surface area (Å²) in [6.45, 7) is 9.44. The summed E-state index contributed by atoms with van der Waals surface area (Å²) in [6.07, 6.45) is 5.07. The summed E-state index contributed by atoms with van der Waals surface area (Å²) in [5.74, 6) is 1.73. The van der Waals surface area contributed by atoms with Gasteiger partial charge in [-0.1, -0.05) is 0 Å². The summed E-state index contributed by atoms with van der Waals surface area (Å²) in [7, 11) is 0. The Kier molecular flexibility index (Phi) is 8.22. The highest BCUT2D eigenvalue weighted by Gasteiger charge is 2.23. The van der Waals surface area contributed by atoms with Gasteiger partial charge < -0.3 is 10.6 Å². The minimum absolute atomic E-state index is 0. The van der Waals surface area contributed by atoms with Crippen molar-refractivity contribution < 1.29 is 0 Å². The molecule has 0 aromatic carbocycles. The number of likely N-dealkylation sites (tertiary alicyclic amines) is 1. The molecule has 0 amide bonds. The highest BCUT2D eigenvalue weighted by Crippen LogP contribution is 2.21. The Morgan fingerprint density at radius 1 is 1.33 bits per heavy atom. The van der Waals surface area contributed by atoms with E-state index in [4.69, 9.17) is 4.99 Å². The number of thiazole rings is 1. The maximum Gasteiger partial charge on any atom is 0.191 e. The number of guanidine groups is 1. The molecular weight excluding hydrogens is 433 g/mol. The summed E-state index contributed by atoms with van der Waals surface area (Å²) in [6, 6.07) is 0.663. The molecule has 0 bridgehead atoms. The molecule has 5 nitrogen and oxygen atoms in total. The van der Waals surface area contributed by atoms with Crippen molar-refractivity contribution in [2.24, 2.45) is 10.9 Å². The van der Waals surface area contributed by atoms with Crippen LogP contribution in [0, 0.1) is 12.8 Å². The molecule has 7 heteroatoms. The topological polar surface area (TPSA) is 52.6 Å². The molecule has 0 spiro atoms. The Morgan fingerprint density at radius 3 is 2.67 bits per heavy atom. The van der Waals surface area contributed by atoms with Gasteiger partial charge in [-0.25, -0.2) is 4.98 Å². The van der Waals surface area contributed by atoms with Crippen molar-refractivity contribution >= 4 is 41.3 Å². The predicted octanol–water partition coefficient (Wildman–Crippen LogP) is 3.00. The average molecular weight is 463 g/mol. The van der Waals surface area contributed by atoms with Gasteiger partial charge >= 0.3 is 0 Å². The lowest BCUT2D eigenvalue weighted by atomic mass is 9.97. The minimum Gasteiger partial charge on any atom is -0.357 e. The minimum atomic E-state index is 0. The van der Waals surface area contributed by atoms with Gasteiger partial charge in [0.2, 0.25) is 0 Å². The molecule has 0 atom stereocenters. The van der Waals surface area contributed by atoms with E-state index in [9.17, 15) is 0 Å². The molecule has 0 unspecified atom stereocenters. The second kappa shape index (κ2) is 9.91. The molecule has 2 heterocycles. The lowest BCUT2D eigenvalue weighted by molar-refractivity contribution is 0.179. The van der Waals surface area contributed by atoms with Crippen molar-refractivity contribution in [2.75, 3.05) is 26.2 Å². The second-order valence-corrected chi connectivity index (χ2v) is 7.78. The zero-order chi connectivity index (χ0) is 16.1. The van der Waals surface area contributed by atoms with Crippen LogP contribution in [0.25, 0.3) is 0 Å². The summed E-state index contributed by atoms with van der Waals surface area (Å²) < 4.78 is 0. The van der Waals surface area contributed by atoms with E-state index in [1.165, 1.54) is 49.5 Å². The molecule has 1 aromatic rings. The number of piperidine rings is 1. The van der Waals surface area contributed by atoms with Crippen molar-refractivity contribution in [1.29, 1.82) is 0 Å². The molecule has 2 fully saturated rings.